The molecule has 2 aliphatic rings. The van der Waals surface area contributed by atoms with Gasteiger partial charge in [0, 0.05) is 0 Å². The number of hydrogen-bond acceptors (Lipinski definition) is 0. The quantitative estimate of drug-likeness (QED) is 0.383. The van der Waals surface area contributed by atoms with Gasteiger partial charge in [-0.2, -0.15) is 12.2 Å². The van der Waals surface area contributed by atoms with Gasteiger partial charge in [0.1, 0.15) is 0 Å². The Hall–Kier alpha value is 0.727. The van der Waals surface area contributed by atoms with Crippen LogP contribution in [0.4, 0.5) is 0 Å². The van der Waals surface area contributed by atoms with Crippen LogP contribution in [0.3, 0.4) is 0 Å². The summed E-state index contributed by atoms with van der Waals surface area (Å²) in [7, 11) is -1.96. The van der Waals surface area contributed by atoms with Crippen LogP contribution < -0.4 is 24.8 Å². The second-order valence-electron chi connectivity index (χ2n) is 7.92. The van der Waals surface area contributed by atoms with E-state index in [-0.39, 0.29) is 24.8 Å². The first-order chi connectivity index (χ1) is 9.94. The molecule has 0 nitrogen and oxygen atoms in total. The van der Waals surface area contributed by atoms with Crippen molar-refractivity contribution in [1.82, 2.24) is 0 Å². The molecule has 136 valence electrons. The molecule has 0 spiro atoms. The second kappa shape index (κ2) is 13.9. The number of allylic oxidation sites excluding steroid dienone is 8. The SMILES string of the molecule is C[C](C)=[Zr+2].C[Si](C)(C)C1=CC[C-]=C1.C[Si](C)(C)C1=CC[C-]=C1.[Cl-].[Cl-]. The normalized spacial score (nSPS) is 14.9. The first-order valence-electron chi connectivity index (χ1n) is 8.01. The summed E-state index contributed by atoms with van der Waals surface area (Å²) in [5.74, 6) is 0. The molecule has 0 aromatic rings. The summed E-state index contributed by atoms with van der Waals surface area (Å²) in [6.45, 7) is 18.4. The minimum atomic E-state index is -0.981. The van der Waals surface area contributed by atoms with E-state index >= 15 is 0 Å². The van der Waals surface area contributed by atoms with Crippen LogP contribution in [0.15, 0.2) is 34.7 Å². The zero-order valence-corrected chi connectivity index (χ0v) is 22.4. The molecule has 0 aliphatic heterocycles. The molecule has 0 atom stereocenters. The average molecular weight is 479 g/mol. The fraction of sp³-hybridized carbons (Fsp3) is 0.526. The van der Waals surface area contributed by atoms with Crippen molar-refractivity contribution >= 4 is 19.4 Å². The van der Waals surface area contributed by atoms with Crippen LogP contribution in [-0.4, -0.2) is 19.4 Å². The Bertz CT molecular complexity index is 446. The van der Waals surface area contributed by atoms with Gasteiger partial charge in [0.2, 0.25) is 0 Å². The molecule has 5 heteroatoms. The first kappa shape index (κ1) is 29.5. The van der Waals surface area contributed by atoms with Crippen LogP contribution in [0.25, 0.3) is 0 Å². The maximum Gasteiger partial charge on any atom is -0.0114 e. The molecule has 0 unspecified atom stereocenters. The molecule has 0 N–H and O–H groups in total. The Morgan fingerprint density at radius 3 is 1.12 bits per heavy atom. The molecule has 0 amide bonds. The largest absolute Gasteiger partial charge is 1.00 e. The molecule has 0 fully saturated rings. The Morgan fingerprint density at radius 2 is 1.04 bits per heavy atom. The van der Waals surface area contributed by atoms with E-state index in [4.69, 9.17) is 0 Å². The van der Waals surface area contributed by atoms with Crippen LogP contribution in [-0.2, 0) is 24.2 Å². The molecule has 0 heterocycles. The molecule has 2 rings (SSSR count). The van der Waals surface area contributed by atoms with Crippen LogP contribution in [0.5, 0.6) is 0 Å². The van der Waals surface area contributed by atoms with Gasteiger partial charge in [-0.3, -0.25) is 12.2 Å². The average Bonchev–Trinajstić information content (AvgIpc) is 3.02. The summed E-state index contributed by atoms with van der Waals surface area (Å²) in [6, 6.07) is 0. The van der Waals surface area contributed by atoms with Gasteiger partial charge in [-0.1, -0.05) is 39.3 Å². The molecule has 24 heavy (non-hydrogen) atoms. The number of hydrogen-bond donors (Lipinski definition) is 0. The zero-order valence-electron chi connectivity index (χ0n) is 16.5. The fourth-order valence-corrected chi connectivity index (χ4v) is 4.34. The molecule has 0 radical (unpaired) electrons. The van der Waals surface area contributed by atoms with Crippen molar-refractivity contribution in [2.45, 2.75) is 66.0 Å². The molecule has 0 saturated carbocycles. The Kier molecular flexibility index (Phi) is 17.0. The summed E-state index contributed by atoms with van der Waals surface area (Å²) >= 11 is 1.55. The number of rotatable bonds is 2. The zero-order chi connectivity index (χ0) is 17.4. The smallest absolute Gasteiger partial charge is 0.0114 e. The maximum atomic E-state index is 3.20. The van der Waals surface area contributed by atoms with Gasteiger partial charge < -0.3 is 24.8 Å². The minimum absolute atomic E-state index is 0. The summed E-state index contributed by atoms with van der Waals surface area (Å²) < 4.78 is 1.51. The maximum absolute atomic E-state index is 3.20. The van der Waals surface area contributed by atoms with Crippen LogP contribution in [0, 0.1) is 12.2 Å². The van der Waals surface area contributed by atoms with E-state index in [2.05, 4.69) is 89.6 Å². The van der Waals surface area contributed by atoms with Crippen molar-refractivity contribution in [3.05, 3.63) is 46.8 Å². The Labute approximate surface area is 180 Å². The molecule has 0 bridgehead atoms. The van der Waals surface area contributed by atoms with Crippen molar-refractivity contribution < 1.29 is 49.0 Å². The van der Waals surface area contributed by atoms with Crippen molar-refractivity contribution in [3.63, 3.8) is 0 Å². The van der Waals surface area contributed by atoms with Crippen LogP contribution in [0.2, 0.25) is 39.3 Å². The number of halogens is 2. The molecule has 0 aromatic heterocycles. The third-order valence-corrected chi connectivity index (χ3v) is 7.29. The molecule has 2 aliphatic carbocycles. The van der Waals surface area contributed by atoms with Crippen LogP contribution in [0.1, 0.15) is 26.7 Å². The van der Waals surface area contributed by atoms with Gasteiger partial charge in [-0.25, -0.2) is 22.5 Å². The molecular formula is C19H32Cl2Si2Zr-2. The van der Waals surface area contributed by atoms with E-state index in [0.717, 1.165) is 12.8 Å². The van der Waals surface area contributed by atoms with E-state index in [0.29, 0.717) is 0 Å². The van der Waals surface area contributed by atoms with E-state index in [1.165, 1.54) is 3.21 Å². The molecule has 0 saturated heterocycles. The van der Waals surface area contributed by atoms with E-state index in [9.17, 15) is 0 Å². The Balaban J connectivity index is -0.000000283. The van der Waals surface area contributed by atoms with E-state index in [1.54, 1.807) is 34.6 Å². The van der Waals surface area contributed by atoms with Gasteiger partial charge in [0.25, 0.3) is 0 Å². The van der Waals surface area contributed by atoms with Crippen molar-refractivity contribution in [2.24, 2.45) is 0 Å². The standard InChI is InChI=1S/2C8H13Si.C3H6.2ClH.Zr/c2*1-9(2,3)8-6-4-5-7-8;1-3-2;;;/h2*6-7H,4H2,1-3H3;1-2H3;2*1H;/q2*-1;;;;+2/p-2. The summed E-state index contributed by atoms with van der Waals surface area (Å²) in [4.78, 5) is 0. The fourth-order valence-electron chi connectivity index (χ4n) is 1.84. The third kappa shape index (κ3) is 15.0. The summed E-state index contributed by atoms with van der Waals surface area (Å²) in [5.41, 5.74) is 0. The predicted molar refractivity (Wildman–Crippen MR) is 104 cm³/mol. The second-order valence-corrected chi connectivity index (χ2v) is 20.5. The summed E-state index contributed by atoms with van der Waals surface area (Å²) in [5, 5.41) is 3.12. The van der Waals surface area contributed by atoms with E-state index < -0.39 is 16.1 Å². The van der Waals surface area contributed by atoms with Gasteiger partial charge in [-0.05, 0) is 16.1 Å². The molecular weight excluding hydrogens is 447 g/mol. The van der Waals surface area contributed by atoms with Gasteiger partial charge >= 0.3 is 41.3 Å². The third-order valence-electron chi connectivity index (χ3n) is 3.13. The van der Waals surface area contributed by atoms with E-state index in [1.807, 2.05) is 0 Å². The topological polar surface area (TPSA) is 0 Å². The van der Waals surface area contributed by atoms with Gasteiger partial charge in [-0.15, -0.1) is 12.8 Å². The van der Waals surface area contributed by atoms with Crippen molar-refractivity contribution in [1.29, 1.82) is 0 Å². The predicted octanol–water partition coefficient (Wildman–Crippen LogP) is -0.140. The van der Waals surface area contributed by atoms with Gasteiger partial charge in [0.05, 0.1) is 0 Å². The van der Waals surface area contributed by atoms with Gasteiger partial charge in [0.15, 0.2) is 0 Å². The Morgan fingerprint density at radius 1 is 0.792 bits per heavy atom. The minimum Gasteiger partial charge on any atom is -1.00 e. The summed E-state index contributed by atoms with van der Waals surface area (Å²) in [6.07, 6.45) is 17.4. The first-order valence-corrected chi connectivity index (χ1v) is 16.2. The van der Waals surface area contributed by atoms with Crippen molar-refractivity contribution in [2.75, 3.05) is 0 Å². The monoisotopic (exact) mass is 476 g/mol. The van der Waals surface area contributed by atoms with Crippen LogP contribution >= 0.6 is 0 Å². The van der Waals surface area contributed by atoms with Crippen molar-refractivity contribution in [3.8, 4) is 0 Å². The molecule has 0 aromatic carbocycles.